The summed E-state index contributed by atoms with van der Waals surface area (Å²) in [5.41, 5.74) is 5.82. The number of aromatic nitrogens is 1. The van der Waals surface area contributed by atoms with Crippen LogP contribution in [0.5, 0.6) is 0 Å². The topological polar surface area (TPSA) is 76.3 Å². The van der Waals surface area contributed by atoms with Crippen molar-refractivity contribution in [1.29, 1.82) is 0 Å². The maximum atomic E-state index is 12.7. The van der Waals surface area contributed by atoms with Crippen molar-refractivity contribution in [3.8, 4) is 0 Å². The van der Waals surface area contributed by atoms with Gasteiger partial charge in [0.2, 0.25) is 10.0 Å². The van der Waals surface area contributed by atoms with Crippen molar-refractivity contribution in [2.45, 2.75) is 44.9 Å². The predicted octanol–water partition coefficient (Wildman–Crippen LogP) is 2.50. The van der Waals surface area contributed by atoms with Gasteiger partial charge in [0.05, 0.1) is 4.90 Å². The van der Waals surface area contributed by atoms with Gasteiger partial charge in [-0.05, 0) is 36.7 Å². The van der Waals surface area contributed by atoms with Gasteiger partial charge in [-0.25, -0.2) is 13.4 Å². The lowest BCUT2D eigenvalue weighted by atomic mass is 9.77. The Hall–Kier alpha value is -1.14. The van der Waals surface area contributed by atoms with Gasteiger partial charge in [-0.3, -0.25) is 0 Å². The molecule has 1 unspecified atom stereocenters. The highest BCUT2D eigenvalue weighted by Gasteiger charge is 2.31. The Morgan fingerprint density at radius 2 is 2.00 bits per heavy atom. The van der Waals surface area contributed by atoms with Crippen LogP contribution >= 0.6 is 0 Å². The van der Waals surface area contributed by atoms with E-state index in [9.17, 15) is 8.42 Å². The Balaban J connectivity index is 2.18. The summed E-state index contributed by atoms with van der Waals surface area (Å²) in [6.07, 6.45) is 4.33. The minimum atomic E-state index is -3.46. The first kappa shape index (κ1) is 16.2. The summed E-state index contributed by atoms with van der Waals surface area (Å²) in [4.78, 5) is 4.10. The van der Waals surface area contributed by atoms with Gasteiger partial charge in [0.15, 0.2) is 0 Å². The molecule has 0 amide bonds. The van der Waals surface area contributed by atoms with E-state index in [-0.39, 0.29) is 16.1 Å². The predicted molar refractivity (Wildman–Crippen MR) is 84.2 cm³/mol. The van der Waals surface area contributed by atoms with Crippen LogP contribution < -0.4 is 5.73 Å². The zero-order valence-electron chi connectivity index (χ0n) is 13.0. The third-order valence-corrected chi connectivity index (χ3v) is 6.20. The van der Waals surface area contributed by atoms with E-state index in [0.29, 0.717) is 19.0 Å². The van der Waals surface area contributed by atoms with Crippen LogP contribution in [0.25, 0.3) is 0 Å². The van der Waals surface area contributed by atoms with E-state index < -0.39 is 10.0 Å². The molecule has 2 rings (SSSR count). The molecule has 1 fully saturated rings. The normalized spacial score (nSPS) is 22.0. The smallest absolute Gasteiger partial charge is 0.243 e. The van der Waals surface area contributed by atoms with Crippen LogP contribution in [0.4, 0.5) is 5.82 Å². The third-order valence-electron chi connectivity index (χ3n) is 4.30. The molecule has 6 heteroatoms. The van der Waals surface area contributed by atoms with Gasteiger partial charge >= 0.3 is 0 Å². The fourth-order valence-electron chi connectivity index (χ4n) is 2.91. The lowest BCUT2D eigenvalue weighted by Gasteiger charge is -2.29. The van der Waals surface area contributed by atoms with Crippen LogP contribution in [0.2, 0.25) is 0 Å². The van der Waals surface area contributed by atoms with Crippen molar-refractivity contribution in [3.63, 3.8) is 0 Å². The van der Waals surface area contributed by atoms with Crippen molar-refractivity contribution in [2.24, 2.45) is 11.3 Å². The average molecular weight is 311 g/mol. The number of sulfonamides is 1. The Labute approximate surface area is 127 Å². The Morgan fingerprint density at radius 3 is 2.62 bits per heavy atom. The van der Waals surface area contributed by atoms with E-state index >= 15 is 0 Å². The zero-order valence-corrected chi connectivity index (χ0v) is 13.9. The summed E-state index contributed by atoms with van der Waals surface area (Å²) in [5.74, 6) is 0.790. The summed E-state index contributed by atoms with van der Waals surface area (Å²) in [6, 6.07) is 2.94. The Bertz CT molecular complexity index is 593. The summed E-state index contributed by atoms with van der Waals surface area (Å²) in [5, 5.41) is 0. The standard InChI is InChI=1S/C15H25N3O2S/c1-15(2,3)12-5-4-9-18(10-7-12)21(19,20)13-6-8-17-14(16)11-13/h6,8,11-12H,4-5,7,9-10H2,1-3H3,(H2,16,17). The molecule has 21 heavy (non-hydrogen) atoms. The van der Waals surface area contributed by atoms with Gasteiger partial charge in [-0.15, -0.1) is 0 Å². The number of nitrogens with zero attached hydrogens (tertiary/aromatic N) is 2. The van der Waals surface area contributed by atoms with Crippen LogP contribution in [0.3, 0.4) is 0 Å². The number of nitrogen functional groups attached to an aromatic ring is 1. The van der Waals surface area contributed by atoms with Crippen molar-refractivity contribution in [2.75, 3.05) is 18.8 Å². The van der Waals surface area contributed by atoms with E-state index in [4.69, 9.17) is 5.73 Å². The fourth-order valence-corrected chi connectivity index (χ4v) is 4.43. The van der Waals surface area contributed by atoms with Gasteiger partial charge in [0, 0.05) is 25.4 Å². The highest BCUT2D eigenvalue weighted by molar-refractivity contribution is 7.89. The molecule has 1 atom stereocenters. The summed E-state index contributed by atoms with van der Waals surface area (Å²) >= 11 is 0. The Kier molecular flexibility index (Phi) is 4.58. The fraction of sp³-hybridized carbons (Fsp3) is 0.667. The maximum Gasteiger partial charge on any atom is 0.243 e. The molecule has 2 N–H and O–H groups in total. The van der Waals surface area contributed by atoms with Crippen molar-refractivity contribution in [1.82, 2.24) is 9.29 Å². The SMILES string of the molecule is CC(C)(C)C1CCCN(S(=O)(=O)c2ccnc(N)c2)CC1. The van der Waals surface area contributed by atoms with Crippen LogP contribution in [-0.4, -0.2) is 30.8 Å². The molecule has 0 aliphatic carbocycles. The molecule has 0 aromatic carbocycles. The average Bonchev–Trinajstić information content (AvgIpc) is 2.64. The number of rotatable bonds is 2. The van der Waals surface area contributed by atoms with Crippen LogP contribution in [0.1, 0.15) is 40.0 Å². The number of anilines is 1. The quantitative estimate of drug-likeness (QED) is 0.910. The van der Waals surface area contributed by atoms with Crippen LogP contribution in [0.15, 0.2) is 23.2 Å². The number of pyridine rings is 1. The molecule has 1 saturated heterocycles. The molecule has 1 aliphatic heterocycles. The summed E-state index contributed by atoms with van der Waals surface area (Å²) < 4.78 is 27.0. The molecule has 0 bridgehead atoms. The molecule has 2 heterocycles. The van der Waals surface area contributed by atoms with E-state index in [1.54, 1.807) is 4.31 Å². The van der Waals surface area contributed by atoms with Gasteiger partial charge in [-0.2, -0.15) is 4.31 Å². The lowest BCUT2D eigenvalue weighted by molar-refractivity contribution is 0.217. The van der Waals surface area contributed by atoms with Gasteiger partial charge < -0.3 is 5.73 Å². The van der Waals surface area contributed by atoms with Crippen molar-refractivity contribution >= 4 is 15.8 Å². The summed E-state index contributed by atoms with van der Waals surface area (Å²) in [7, 11) is -3.46. The molecule has 1 aromatic heterocycles. The molecule has 0 saturated carbocycles. The van der Waals surface area contributed by atoms with Crippen molar-refractivity contribution < 1.29 is 8.42 Å². The van der Waals surface area contributed by atoms with E-state index in [1.165, 1.54) is 18.3 Å². The highest BCUT2D eigenvalue weighted by Crippen LogP contribution is 2.35. The van der Waals surface area contributed by atoms with Gasteiger partial charge in [0.1, 0.15) is 5.82 Å². The van der Waals surface area contributed by atoms with E-state index in [0.717, 1.165) is 19.3 Å². The monoisotopic (exact) mass is 311 g/mol. The number of hydrogen-bond acceptors (Lipinski definition) is 4. The van der Waals surface area contributed by atoms with Gasteiger partial charge in [0.25, 0.3) is 0 Å². The second-order valence-electron chi connectivity index (χ2n) is 6.81. The molecule has 1 aliphatic rings. The van der Waals surface area contributed by atoms with Crippen molar-refractivity contribution in [3.05, 3.63) is 18.3 Å². The third kappa shape index (κ3) is 3.74. The second kappa shape index (κ2) is 5.93. The molecule has 0 radical (unpaired) electrons. The minimum absolute atomic E-state index is 0.223. The second-order valence-corrected chi connectivity index (χ2v) is 8.75. The maximum absolute atomic E-state index is 12.7. The highest BCUT2D eigenvalue weighted by atomic mass is 32.2. The van der Waals surface area contributed by atoms with Gasteiger partial charge in [-0.1, -0.05) is 20.8 Å². The minimum Gasteiger partial charge on any atom is -0.384 e. The largest absolute Gasteiger partial charge is 0.384 e. The molecule has 118 valence electrons. The molecule has 1 aromatic rings. The first-order valence-electron chi connectivity index (χ1n) is 7.43. The molecular weight excluding hydrogens is 286 g/mol. The molecular formula is C15H25N3O2S. The first-order valence-corrected chi connectivity index (χ1v) is 8.87. The number of hydrogen-bond donors (Lipinski definition) is 1. The van der Waals surface area contributed by atoms with Crippen LogP contribution in [-0.2, 0) is 10.0 Å². The Morgan fingerprint density at radius 1 is 1.29 bits per heavy atom. The zero-order chi connectivity index (χ0) is 15.7. The molecule has 5 nitrogen and oxygen atoms in total. The lowest BCUT2D eigenvalue weighted by Crippen LogP contribution is -2.32. The van der Waals surface area contributed by atoms with Crippen LogP contribution in [0, 0.1) is 11.3 Å². The molecule has 0 spiro atoms. The van der Waals surface area contributed by atoms with E-state index in [2.05, 4.69) is 25.8 Å². The first-order chi connectivity index (χ1) is 9.71. The van der Waals surface area contributed by atoms with E-state index in [1.807, 2.05) is 0 Å². The summed E-state index contributed by atoms with van der Waals surface area (Å²) in [6.45, 7) is 7.84. The number of nitrogens with two attached hydrogens (primary N) is 1.